The molecule has 1 N–H and O–H groups in total. The summed E-state index contributed by atoms with van der Waals surface area (Å²) in [5.74, 6) is -0.819. The molecule has 0 aliphatic carbocycles. The summed E-state index contributed by atoms with van der Waals surface area (Å²) in [6.07, 6.45) is 3.01. The highest BCUT2D eigenvalue weighted by Crippen LogP contribution is 2.18. The Morgan fingerprint density at radius 3 is 3.08 bits per heavy atom. The van der Waals surface area contributed by atoms with Gasteiger partial charge in [-0.25, -0.2) is 4.79 Å². The number of rotatable bonds is 1. The van der Waals surface area contributed by atoms with Crippen LogP contribution in [0.4, 0.5) is 0 Å². The van der Waals surface area contributed by atoms with Crippen molar-refractivity contribution in [2.75, 3.05) is 0 Å². The first-order valence-corrected chi connectivity index (χ1v) is 3.84. The normalized spacial score (nSPS) is 10.8. The van der Waals surface area contributed by atoms with Crippen molar-refractivity contribution in [1.29, 1.82) is 0 Å². The first-order valence-electron chi connectivity index (χ1n) is 3.04. The number of nitrogens with zero attached hydrogens (tertiary/aromatic N) is 2. The van der Waals surface area contributed by atoms with Gasteiger partial charge in [-0.3, -0.25) is 4.40 Å². The van der Waals surface area contributed by atoms with Crippen LogP contribution in [-0.2, 0) is 0 Å². The molecule has 0 spiro atoms. The van der Waals surface area contributed by atoms with Crippen molar-refractivity contribution in [2.45, 2.75) is 0 Å². The molecule has 0 saturated heterocycles. The van der Waals surface area contributed by atoms with E-state index in [1.54, 1.807) is 6.20 Å². The van der Waals surface area contributed by atoms with Crippen LogP contribution in [0.15, 0.2) is 21.5 Å². The van der Waals surface area contributed by atoms with E-state index in [4.69, 9.17) is 9.52 Å². The number of imidazole rings is 1. The molecule has 6 heteroatoms. The zero-order valence-corrected chi connectivity index (χ0v) is 7.28. The molecule has 0 amide bonds. The lowest BCUT2D eigenvalue weighted by atomic mass is 10.5. The largest absolute Gasteiger partial charge is 0.476 e. The molecule has 2 rings (SSSR count). The minimum absolute atomic E-state index is 0.0469. The van der Waals surface area contributed by atoms with E-state index < -0.39 is 5.97 Å². The van der Waals surface area contributed by atoms with Crippen molar-refractivity contribution in [3.8, 4) is 0 Å². The van der Waals surface area contributed by atoms with Crippen LogP contribution in [0.3, 0.4) is 0 Å². The van der Waals surface area contributed by atoms with E-state index in [0.29, 0.717) is 4.60 Å². The van der Waals surface area contributed by atoms with Gasteiger partial charge in [0, 0.05) is 6.20 Å². The molecular weight excluding hydrogens is 228 g/mol. The maximum atomic E-state index is 10.5. The van der Waals surface area contributed by atoms with Crippen LogP contribution >= 0.6 is 15.9 Å². The molecule has 0 aromatic carbocycles. The van der Waals surface area contributed by atoms with Gasteiger partial charge in [0.2, 0.25) is 0 Å². The predicted octanol–water partition coefficient (Wildman–Crippen LogP) is 1.39. The van der Waals surface area contributed by atoms with Crippen LogP contribution in [0.5, 0.6) is 0 Å². The molecule has 0 saturated carbocycles. The number of fused-ring (bicyclic) bond motifs is 1. The van der Waals surface area contributed by atoms with Gasteiger partial charge in [-0.15, -0.1) is 0 Å². The van der Waals surface area contributed by atoms with Gasteiger partial charge in [0.25, 0.3) is 0 Å². The number of oxazole rings is 1. The number of carboxylic acids is 1. The molecule has 2 aromatic heterocycles. The fourth-order valence-corrected chi connectivity index (χ4v) is 1.42. The van der Waals surface area contributed by atoms with E-state index in [2.05, 4.69) is 20.9 Å². The Hall–Kier alpha value is -1.30. The lowest BCUT2D eigenvalue weighted by Gasteiger charge is -1.85. The van der Waals surface area contributed by atoms with Gasteiger partial charge in [-0.05, 0) is 15.9 Å². The molecule has 0 aliphatic heterocycles. The van der Waals surface area contributed by atoms with Crippen molar-refractivity contribution in [3.05, 3.63) is 22.8 Å². The fraction of sp³-hybridized carbons (Fsp3) is 0. The molecule has 12 heavy (non-hydrogen) atoms. The molecule has 2 aromatic rings. The van der Waals surface area contributed by atoms with Crippen LogP contribution in [0.2, 0.25) is 0 Å². The SMILES string of the molecule is O=C(O)c1nc2occn2c1Br. The van der Waals surface area contributed by atoms with Gasteiger partial charge < -0.3 is 9.52 Å². The second-order valence-corrected chi connectivity index (χ2v) is 2.86. The highest BCUT2D eigenvalue weighted by Gasteiger charge is 2.17. The van der Waals surface area contributed by atoms with Crippen molar-refractivity contribution in [2.24, 2.45) is 0 Å². The van der Waals surface area contributed by atoms with E-state index in [1.807, 2.05) is 0 Å². The molecule has 0 aliphatic rings. The predicted molar refractivity (Wildman–Crippen MR) is 42.1 cm³/mol. The van der Waals surface area contributed by atoms with E-state index in [1.165, 1.54) is 10.7 Å². The molecule has 0 unspecified atom stereocenters. The number of carboxylic acid groups (broad SMARTS) is 1. The van der Waals surface area contributed by atoms with Gasteiger partial charge in [-0.2, -0.15) is 4.98 Å². The van der Waals surface area contributed by atoms with Crippen LogP contribution in [0, 0.1) is 0 Å². The number of aromatic nitrogens is 2. The zero-order chi connectivity index (χ0) is 8.72. The number of hydrogen-bond acceptors (Lipinski definition) is 3. The van der Waals surface area contributed by atoms with E-state index in [9.17, 15) is 4.79 Å². The van der Waals surface area contributed by atoms with Crippen molar-refractivity contribution in [3.63, 3.8) is 0 Å². The van der Waals surface area contributed by atoms with Gasteiger partial charge in [0.1, 0.15) is 10.9 Å². The average Bonchev–Trinajstić information content (AvgIpc) is 2.53. The second-order valence-electron chi connectivity index (χ2n) is 2.11. The fourth-order valence-electron chi connectivity index (χ4n) is 0.894. The average molecular weight is 231 g/mol. The van der Waals surface area contributed by atoms with Gasteiger partial charge in [0.05, 0.1) is 0 Å². The highest BCUT2D eigenvalue weighted by atomic mass is 79.9. The summed E-state index contributed by atoms with van der Waals surface area (Å²) in [4.78, 5) is 14.3. The van der Waals surface area contributed by atoms with E-state index in [-0.39, 0.29) is 11.5 Å². The number of carbonyl (C=O) groups is 1. The molecule has 2 heterocycles. The highest BCUT2D eigenvalue weighted by molar-refractivity contribution is 9.10. The Morgan fingerprint density at radius 1 is 1.75 bits per heavy atom. The summed E-state index contributed by atoms with van der Waals surface area (Å²) >= 11 is 3.09. The summed E-state index contributed by atoms with van der Waals surface area (Å²) in [5, 5.41) is 8.64. The van der Waals surface area contributed by atoms with Crippen molar-refractivity contribution < 1.29 is 14.3 Å². The molecule has 0 bridgehead atoms. The maximum absolute atomic E-state index is 10.5. The smallest absolute Gasteiger partial charge is 0.357 e. The monoisotopic (exact) mass is 230 g/mol. The lowest BCUT2D eigenvalue weighted by molar-refractivity contribution is 0.0690. The third-order valence-electron chi connectivity index (χ3n) is 1.41. The number of halogens is 1. The van der Waals surface area contributed by atoms with Crippen LogP contribution in [0.25, 0.3) is 5.84 Å². The van der Waals surface area contributed by atoms with Crippen LogP contribution in [0.1, 0.15) is 10.5 Å². The third-order valence-corrected chi connectivity index (χ3v) is 2.16. The minimum atomic E-state index is -1.08. The standard InChI is InChI=1S/C6H3BrN2O3/c7-4-3(5(10)11)8-6-9(4)1-2-12-6/h1-2H,(H,10,11). The first-order chi connectivity index (χ1) is 5.70. The van der Waals surface area contributed by atoms with Gasteiger partial charge in [-0.1, -0.05) is 0 Å². The van der Waals surface area contributed by atoms with Crippen LogP contribution < -0.4 is 0 Å². The summed E-state index contributed by atoms with van der Waals surface area (Å²) < 4.78 is 6.78. The lowest BCUT2D eigenvalue weighted by Crippen LogP contribution is -1.97. The molecule has 0 radical (unpaired) electrons. The van der Waals surface area contributed by atoms with Gasteiger partial charge in [0.15, 0.2) is 5.69 Å². The van der Waals surface area contributed by atoms with Crippen molar-refractivity contribution in [1.82, 2.24) is 9.38 Å². The third kappa shape index (κ3) is 0.845. The molecule has 0 fully saturated rings. The van der Waals surface area contributed by atoms with Gasteiger partial charge >= 0.3 is 11.8 Å². The van der Waals surface area contributed by atoms with E-state index in [0.717, 1.165) is 0 Å². The Morgan fingerprint density at radius 2 is 2.50 bits per heavy atom. The van der Waals surface area contributed by atoms with E-state index >= 15 is 0 Å². The zero-order valence-electron chi connectivity index (χ0n) is 5.69. The Balaban J connectivity index is 2.78. The number of aromatic carboxylic acids is 1. The molecular formula is C6H3BrN2O3. The Kier molecular flexibility index (Phi) is 1.44. The molecule has 62 valence electrons. The quantitative estimate of drug-likeness (QED) is 0.804. The molecule has 0 atom stereocenters. The summed E-state index contributed by atoms with van der Waals surface area (Å²) in [5.41, 5.74) is -0.0469. The molecule has 5 nitrogen and oxygen atoms in total. The summed E-state index contributed by atoms with van der Waals surface area (Å²) in [6, 6.07) is 0. The Labute approximate surface area is 74.8 Å². The van der Waals surface area contributed by atoms with Crippen LogP contribution in [-0.4, -0.2) is 20.5 Å². The first kappa shape index (κ1) is 7.35. The maximum Gasteiger partial charge on any atom is 0.357 e. The summed E-state index contributed by atoms with van der Waals surface area (Å²) in [6.45, 7) is 0. The van der Waals surface area contributed by atoms with Crippen molar-refractivity contribution >= 4 is 27.7 Å². The second kappa shape index (κ2) is 2.34. The summed E-state index contributed by atoms with van der Waals surface area (Å²) in [7, 11) is 0. The minimum Gasteiger partial charge on any atom is -0.476 e. The topological polar surface area (TPSA) is 67.7 Å². The Bertz CT molecular complexity index is 445. The number of hydrogen-bond donors (Lipinski definition) is 1.